The second-order valence-corrected chi connectivity index (χ2v) is 8.82. The highest BCUT2D eigenvalue weighted by atomic mass is 14.8. The van der Waals surface area contributed by atoms with Crippen molar-refractivity contribution < 1.29 is 0 Å². The molecule has 1 aromatic heterocycles. The molecule has 0 atom stereocenters. The molecule has 122 valence electrons. The molecule has 0 aromatic carbocycles. The molecule has 2 nitrogen and oxygen atoms in total. The van der Waals surface area contributed by atoms with Crippen molar-refractivity contribution in [2.75, 3.05) is 0 Å². The number of rotatable bonds is 2. The maximum atomic E-state index is 4.21. The summed E-state index contributed by atoms with van der Waals surface area (Å²) in [4.78, 5) is 8.33. The van der Waals surface area contributed by atoms with Gasteiger partial charge in [-0.05, 0) is 50.4 Å². The average molecular weight is 293 g/mol. The number of hydrogen-bond acceptors (Lipinski definition) is 2. The summed E-state index contributed by atoms with van der Waals surface area (Å²) in [6, 6.07) is 0. The smallest absolute Gasteiger partial charge is 0.0588 e. The fourth-order valence-corrected chi connectivity index (χ4v) is 2.82. The zero-order valence-corrected chi connectivity index (χ0v) is 16.0. The van der Waals surface area contributed by atoms with Crippen LogP contribution in [0.4, 0.5) is 0 Å². The molecule has 0 bridgehead atoms. The van der Waals surface area contributed by atoms with E-state index in [4.69, 9.17) is 0 Å². The minimum Gasteiger partial charge on any atom is -0.258 e. The van der Waals surface area contributed by atoms with E-state index in [-0.39, 0.29) is 0 Å². The van der Waals surface area contributed by atoms with Gasteiger partial charge in [0.2, 0.25) is 0 Å². The first-order valence-corrected chi connectivity index (χ1v) is 8.07. The summed E-state index contributed by atoms with van der Waals surface area (Å²) in [6.45, 7) is 22.2. The van der Waals surface area contributed by atoms with Crippen molar-refractivity contribution in [1.29, 1.82) is 0 Å². The van der Waals surface area contributed by atoms with E-state index < -0.39 is 0 Å². The monoisotopic (exact) mass is 292 g/mol. The topological polar surface area (TPSA) is 25.8 Å². The fourth-order valence-electron chi connectivity index (χ4n) is 2.82. The number of hydrogen-bond donors (Lipinski definition) is 0. The van der Waals surface area contributed by atoms with Crippen LogP contribution in [0.5, 0.6) is 0 Å². The molecule has 0 saturated carbocycles. The van der Waals surface area contributed by atoms with E-state index in [0.29, 0.717) is 10.8 Å². The SMILES string of the molecule is CC(CC(C)(C)C)CC(C)(C)C.Cc1cnc(C)c(C)n1. The Morgan fingerprint density at radius 1 is 0.857 bits per heavy atom. The number of aryl methyl sites for hydroxylation is 3. The average Bonchev–Trinajstić information content (AvgIpc) is 2.19. The Bertz CT molecular complexity index is 406. The summed E-state index contributed by atoms with van der Waals surface area (Å²) in [5, 5.41) is 0. The molecule has 1 rings (SSSR count). The predicted octanol–water partition coefficient (Wildman–Crippen LogP) is 5.90. The van der Waals surface area contributed by atoms with Crippen molar-refractivity contribution in [3.8, 4) is 0 Å². The molecule has 0 saturated heterocycles. The van der Waals surface area contributed by atoms with Crippen LogP contribution in [0.1, 0.15) is 78.4 Å². The van der Waals surface area contributed by atoms with E-state index in [0.717, 1.165) is 23.0 Å². The molecule has 0 spiro atoms. The summed E-state index contributed by atoms with van der Waals surface area (Å²) in [6.07, 6.45) is 4.46. The maximum Gasteiger partial charge on any atom is 0.0588 e. The molecule has 21 heavy (non-hydrogen) atoms. The van der Waals surface area contributed by atoms with Gasteiger partial charge in [-0.1, -0.05) is 48.5 Å². The Balaban J connectivity index is 0.000000394. The lowest BCUT2D eigenvalue weighted by Gasteiger charge is -2.28. The van der Waals surface area contributed by atoms with Crippen LogP contribution in [-0.4, -0.2) is 9.97 Å². The minimum atomic E-state index is 0.491. The summed E-state index contributed by atoms with van der Waals surface area (Å²) < 4.78 is 0. The highest BCUT2D eigenvalue weighted by Gasteiger charge is 2.20. The predicted molar refractivity (Wildman–Crippen MR) is 93.6 cm³/mol. The van der Waals surface area contributed by atoms with E-state index in [1.807, 2.05) is 20.8 Å². The van der Waals surface area contributed by atoms with Crippen molar-refractivity contribution in [1.82, 2.24) is 9.97 Å². The lowest BCUT2D eigenvalue weighted by Crippen LogP contribution is -2.16. The molecule has 2 heteroatoms. The van der Waals surface area contributed by atoms with Crippen molar-refractivity contribution >= 4 is 0 Å². The van der Waals surface area contributed by atoms with Gasteiger partial charge in [0.05, 0.1) is 17.1 Å². The molecule has 0 aliphatic carbocycles. The maximum absolute atomic E-state index is 4.21. The molecule has 0 N–H and O–H groups in total. The van der Waals surface area contributed by atoms with Gasteiger partial charge >= 0.3 is 0 Å². The van der Waals surface area contributed by atoms with E-state index in [1.165, 1.54) is 12.8 Å². The molecule has 0 amide bonds. The standard InChI is InChI=1S/C12H26.C7H10N2/c1-10(8-11(2,3)4)9-12(5,6)7;1-5-4-8-6(2)7(3)9-5/h10H,8-9H2,1-7H3;4H,1-3H3. The molecule has 0 radical (unpaired) electrons. The Morgan fingerprint density at radius 2 is 1.29 bits per heavy atom. The third-order valence-electron chi connectivity index (χ3n) is 3.23. The van der Waals surface area contributed by atoms with Crippen LogP contribution in [0.15, 0.2) is 6.20 Å². The first-order chi connectivity index (χ1) is 9.30. The van der Waals surface area contributed by atoms with Gasteiger partial charge in [-0.25, -0.2) is 0 Å². The largest absolute Gasteiger partial charge is 0.258 e. The molecule has 0 fully saturated rings. The first kappa shape index (κ1) is 20.1. The van der Waals surface area contributed by atoms with Crippen LogP contribution in [0.25, 0.3) is 0 Å². The third kappa shape index (κ3) is 11.4. The molecular weight excluding hydrogens is 256 g/mol. The van der Waals surface area contributed by atoms with Gasteiger partial charge in [0.1, 0.15) is 0 Å². The molecule has 1 heterocycles. The van der Waals surface area contributed by atoms with Gasteiger partial charge < -0.3 is 0 Å². The van der Waals surface area contributed by atoms with Crippen molar-refractivity contribution in [2.45, 2.75) is 82.1 Å². The minimum absolute atomic E-state index is 0.491. The third-order valence-corrected chi connectivity index (χ3v) is 3.23. The van der Waals surface area contributed by atoms with Gasteiger partial charge in [-0.15, -0.1) is 0 Å². The molecular formula is C19H36N2. The lowest BCUT2D eigenvalue weighted by molar-refractivity contribution is 0.233. The molecule has 0 aliphatic rings. The summed E-state index contributed by atoms with van der Waals surface area (Å²) in [5.74, 6) is 0.852. The zero-order chi connectivity index (χ0) is 16.8. The van der Waals surface area contributed by atoms with Gasteiger partial charge in [-0.3, -0.25) is 9.97 Å². The fraction of sp³-hybridized carbons (Fsp3) is 0.789. The Morgan fingerprint density at radius 3 is 1.57 bits per heavy atom. The van der Waals surface area contributed by atoms with Crippen molar-refractivity contribution in [3.63, 3.8) is 0 Å². The molecule has 1 aromatic rings. The lowest BCUT2D eigenvalue weighted by atomic mass is 9.78. The van der Waals surface area contributed by atoms with Crippen molar-refractivity contribution in [2.24, 2.45) is 16.7 Å². The van der Waals surface area contributed by atoms with Gasteiger partial charge in [0, 0.05) is 6.20 Å². The van der Waals surface area contributed by atoms with Gasteiger partial charge in [-0.2, -0.15) is 0 Å². The Hall–Kier alpha value is -0.920. The highest BCUT2D eigenvalue weighted by molar-refractivity contribution is 5.09. The van der Waals surface area contributed by atoms with Crippen LogP contribution >= 0.6 is 0 Å². The molecule has 0 unspecified atom stereocenters. The van der Waals surface area contributed by atoms with Crippen LogP contribution in [-0.2, 0) is 0 Å². The van der Waals surface area contributed by atoms with Crippen LogP contribution in [0.3, 0.4) is 0 Å². The van der Waals surface area contributed by atoms with E-state index >= 15 is 0 Å². The van der Waals surface area contributed by atoms with E-state index in [2.05, 4.69) is 58.4 Å². The summed E-state index contributed by atoms with van der Waals surface area (Å²) >= 11 is 0. The summed E-state index contributed by atoms with van der Waals surface area (Å²) in [5.41, 5.74) is 4.00. The second-order valence-electron chi connectivity index (χ2n) is 8.82. The van der Waals surface area contributed by atoms with Gasteiger partial charge in [0.25, 0.3) is 0 Å². The molecule has 0 aliphatic heterocycles. The van der Waals surface area contributed by atoms with Crippen molar-refractivity contribution in [3.05, 3.63) is 23.3 Å². The normalized spacial score (nSPS) is 12.1. The summed E-state index contributed by atoms with van der Waals surface area (Å²) in [7, 11) is 0. The number of nitrogens with zero attached hydrogens (tertiary/aromatic N) is 2. The van der Waals surface area contributed by atoms with Crippen LogP contribution < -0.4 is 0 Å². The quantitative estimate of drug-likeness (QED) is 0.678. The Labute approximate surface area is 132 Å². The Kier molecular flexibility index (Phi) is 7.56. The van der Waals surface area contributed by atoms with Crippen LogP contribution in [0.2, 0.25) is 0 Å². The first-order valence-electron chi connectivity index (χ1n) is 8.07. The number of aromatic nitrogens is 2. The second kappa shape index (κ2) is 7.91. The van der Waals surface area contributed by atoms with Crippen LogP contribution in [0, 0.1) is 37.5 Å². The van der Waals surface area contributed by atoms with E-state index in [9.17, 15) is 0 Å². The zero-order valence-electron chi connectivity index (χ0n) is 16.0. The van der Waals surface area contributed by atoms with E-state index in [1.54, 1.807) is 6.20 Å². The van der Waals surface area contributed by atoms with Gasteiger partial charge in [0.15, 0.2) is 0 Å². The highest BCUT2D eigenvalue weighted by Crippen LogP contribution is 2.32.